The van der Waals surface area contributed by atoms with E-state index in [0.717, 1.165) is 33.8 Å². The summed E-state index contributed by atoms with van der Waals surface area (Å²) in [5, 5.41) is 6.41. The summed E-state index contributed by atoms with van der Waals surface area (Å²) in [5.74, 6) is 0.936. The van der Waals surface area contributed by atoms with Gasteiger partial charge in [-0.15, -0.1) is 29.6 Å². The van der Waals surface area contributed by atoms with Gasteiger partial charge in [0.1, 0.15) is 17.8 Å². The number of aliphatic imine (C=N–C) groups is 1. The van der Waals surface area contributed by atoms with Crippen LogP contribution in [0.5, 0.6) is 11.5 Å². The maximum Gasteiger partial charge on any atom is 0.573 e. The molecule has 0 radical (unpaired) electrons. The Balaban J connectivity index is 1.31. The minimum absolute atomic E-state index is 0.169. The van der Waals surface area contributed by atoms with Crippen molar-refractivity contribution in [3.8, 4) is 34.3 Å². The largest absolute Gasteiger partial charge is 0.573 e. The van der Waals surface area contributed by atoms with E-state index in [1.807, 2.05) is 66.3 Å². The number of hydrogen-bond donors (Lipinski definition) is 0. The number of thiazole rings is 1. The summed E-state index contributed by atoms with van der Waals surface area (Å²) < 4.78 is 50.1. The average Bonchev–Trinajstić information content (AvgIpc) is 3.67. The van der Waals surface area contributed by atoms with Crippen LogP contribution < -0.4 is 14.3 Å². The van der Waals surface area contributed by atoms with Crippen molar-refractivity contribution in [2.45, 2.75) is 52.8 Å². The van der Waals surface area contributed by atoms with Gasteiger partial charge < -0.3 is 9.47 Å². The van der Waals surface area contributed by atoms with Crippen molar-refractivity contribution in [2.75, 3.05) is 7.11 Å². The maximum atomic E-state index is 13.1. The number of aromatic nitrogens is 4. The molecule has 244 valence electrons. The molecule has 2 heterocycles. The number of alkyl halides is 3. The molecule has 3 aromatic carbocycles. The molecular formula is C34H33F3N6O3S. The molecule has 5 rings (SSSR count). The quantitative estimate of drug-likeness (QED) is 0.156. The second kappa shape index (κ2) is 13.8. The molecule has 0 saturated carbocycles. The number of urea groups is 1. The Bertz CT molecular complexity index is 1970. The highest BCUT2D eigenvalue weighted by Gasteiger charge is 2.31. The van der Waals surface area contributed by atoms with E-state index in [9.17, 15) is 18.0 Å². The summed E-state index contributed by atoms with van der Waals surface area (Å²) in [5.41, 5.74) is 5.78. The van der Waals surface area contributed by atoms with E-state index in [2.05, 4.69) is 38.7 Å². The molecule has 0 spiro atoms. The van der Waals surface area contributed by atoms with Crippen molar-refractivity contribution in [1.82, 2.24) is 19.3 Å². The summed E-state index contributed by atoms with van der Waals surface area (Å²) in [6.07, 6.45) is -3.28. The van der Waals surface area contributed by atoms with Crippen molar-refractivity contribution < 1.29 is 27.4 Å². The van der Waals surface area contributed by atoms with Crippen molar-refractivity contribution in [3.05, 3.63) is 100 Å². The van der Waals surface area contributed by atoms with Gasteiger partial charge in [-0.3, -0.25) is 4.57 Å². The Hall–Kier alpha value is -5.04. The molecule has 2 amide bonds. The maximum absolute atomic E-state index is 13.1. The summed E-state index contributed by atoms with van der Waals surface area (Å²) in [6.45, 7) is 9.95. The smallest absolute Gasteiger partial charge is 0.497 e. The Morgan fingerprint density at radius 3 is 2.30 bits per heavy atom. The molecule has 0 aliphatic heterocycles. The third-order valence-corrected chi connectivity index (χ3v) is 8.51. The zero-order chi connectivity index (χ0) is 33.9. The highest BCUT2D eigenvalue weighted by atomic mass is 32.1. The van der Waals surface area contributed by atoms with Crippen molar-refractivity contribution >= 4 is 23.1 Å². The fraction of sp³-hybridized carbons (Fsp3) is 0.265. The highest BCUT2D eigenvalue weighted by Crippen LogP contribution is 2.29. The van der Waals surface area contributed by atoms with Gasteiger partial charge in [0.15, 0.2) is 10.6 Å². The second-order valence-electron chi connectivity index (χ2n) is 11.1. The van der Waals surface area contributed by atoms with Gasteiger partial charge in [0.2, 0.25) is 0 Å². The molecule has 0 N–H and O–H groups in total. The lowest BCUT2D eigenvalue weighted by atomic mass is 9.96. The zero-order valence-electron chi connectivity index (χ0n) is 26.6. The van der Waals surface area contributed by atoms with Gasteiger partial charge >= 0.3 is 12.4 Å². The summed E-state index contributed by atoms with van der Waals surface area (Å²) in [4.78, 5) is 26.6. The number of methoxy groups -OCH3 is 1. The first-order valence-electron chi connectivity index (χ1n) is 14.7. The van der Waals surface area contributed by atoms with E-state index in [1.54, 1.807) is 14.0 Å². The molecule has 1 atom stereocenters. The molecule has 0 aliphatic carbocycles. The Labute approximate surface area is 273 Å². The predicted molar refractivity (Wildman–Crippen MR) is 175 cm³/mol. The number of benzene rings is 3. The fourth-order valence-corrected chi connectivity index (χ4v) is 5.79. The molecule has 9 nitrogen and oxygen atoms in total. The minimum atomic E-state index is -4.76. The third-order valence-electron chi connectivity index (χ3n) is 7.56. The molecule has 5 aromatic rings. The van der Waals surface area contributed by atoms with E-state index in [0.29, 0.717) is 22.0 Å². The molecule has 47 heavy (non-hydrogen) atoms. The first-order valence-corrected chi connectivity index (χ1v) is 15.6. The Morgan fingerprint density at radius 2 is 1.66 bits per heavy atom. The summed E-state index contributed by atoms with van der Waals surface area (Å²) >= 11 is 1.38. The molecule has 0 fully saturated rings. The lowest BCUT2D eigenvalue weighted by Gasteiger charge is -2.16. The van der Waals surface area contributed by atoms with Crippen LogP contribution in [0.1, 0.15) is 56.4 Å². The topological polar surface area (TPSA) is 95.9 Å². The van der Waals surface area contributed by atoms with Crippen LogP contribution in [0.2, 0.25) is 0 Å². The van der Waals surface area contributed by atoms with Crippen molar-refractivity contribution in [2.24, 2.45) is 9.98 Å². The minimum Gasteiger partial charge on any atom is -0.497 e. The summed E-state index contributed by atoms with van der Waals surface area (Å²) in [6, 6.07) is 18.2. The second-order valence-corrected chi connectivity index (χ2v) is 12.0. The SMILES string of the molecule is COc1ccc(-n2c(C)csc2=NC(=O)N=C(C)C(C)c2ccc(-c3ncn(-c4ccc(OC(F)(F)F)cc4)n3)cc2)c(C(C)C)c1. The van der Waals surface area contributed by atoms with Gasteiger partial charge in [-0.25, -0.2) is 19.5 Å². The first-order chi connectivity index (χ1) is 22.3. The zero-order valence-corrected chi connectivity index (χ0v) is 27.4. The van der Waals surface area contributed by atoms with Crippen LogP contribution in [0.25, 0.3) is 22.8 Å². The van der Waals surface area contributed by atoms with E-state index >= 15 is 0 Å². The van der Waals surface area contributed by atoms with E-state index in [4.69, 9.17) is 4.74 Å². The number of nitrogens with zero attached hydrogens (tertiary/aromatic N) is 6. The number of aryl methyl sites for hydroxylation is 1. The number of carbonyl (C=O) groups is 1. The van der Waals surface area contributed by atoms with Crippen LogP contribution in [0.4, 0.5) is 18.0 Å². The van der Waals surface area contributed by atoms with Crippen molar-refractivity contribution in [3.63, 3.8) is 0 Å². The van der Waals surface area contributed by atoms with Crippen molar-refractivity contribution in [1.29, 1.82) is 0 Å². The number of carbonyl (C=O) groups excluding carboxylic acids is 1. The first kappa shape index (κ1) is 33.3. The Kier molecular flexibility index (Phi) is 9.75. The third kappa shape index (κ3) is 7.86. The number of hydrogen-bond acceptors (Lipinski definition) is 6. The molecular weight excluding hydrogens is 629 g/mol. The molecule has 2 aromatic heterocycles. The van der Waals surface area contributed by atoms with Crippen LogP contribution in [0.3, 0.4) is 0 Å². The van der Waals surface area contributed by atoms with Gasteiger partial charge in [0.25, 0.3) is 0 Å². The lowest BCUT2D eigenvalue weighted by Crippen LogP contribution is -2.18. The molecule has 1 unspecified atom stereocenters. The highest BCUT2D eigenvalue weighted by molar-refractivity contribution is 7.07. The monoisotopic (exact) mass is 662 g/mol. The van der Waals surface area contributed by atoms with Crippen LogP contribution in [-0.4, -0.2) is 44.5 Å². The van der Waals surface area contributed by atoms with Crippen LogP contribution in [0, 0.1) is 6.92 Å². The van der Waals surface area contributed by atoms with Crippen LogP contribution >= 0.6 is 11.3 Å². The fourth-order valence-electron chi connectivity index (χ4n) is 4.93. The molecule has 13 heteroatoms. The Morgan fingerprint density at radius 1 is 0.979 bits per heavy atom. The number of ether oxygens (including phenoxy) is 2. The number of amides is 2. The number of rotatable bonds is 8. The van der Waals surface area contributed by atoms with Crippen LogP contribution in [0.15, 0.2) is 88.4 Å². The molecule has 0 aliphatic rings. The lowest BCUT2D eigenvalue weighted by molar-refractivity contribution is -0.274. The standard InChI is InChI=1S/C34H33F3N6O3S/c1-20(2)29-17-28(45-6)15-16-30(29)43-21(3)18-47-33(43)40-32(44)39-23(5)22(4)24-7-9-25(10-8-24)31-38-19-42(41-31)26-11-13-27(14-12-26)46-34(35,36)37/h7-20,22H,1-6H3. The number of halogens is 3. The van der Waals surface area contributed by atoms with Gasteiger partial charge in [0.05, 0.1) is 18.5 Å². The van der Waals surface area contributed by atoms with E-state index in [1.165, 1.54) is 46.6 Å². The predicted octanol–water partition coefficient (Wildman–Crippen LogP) is 8.41. The van der Waals surface area contributed by atoms with Crippen LogP contribution in [-0.2, 0) is 0 Å². The normalized spacial score (nSPS) is 13.2. The van der Waals surface area contributed by atoms with E-state index < -0.39 is 12.4 Å². The van der Waals surface area contributed by atoms with Gasteiger partial charge in [-0.2, -0.15) is 4.99 Å². The summed E-state index contributed by atoms with van der Waals surface area (Å²) in [7, 11) is 1.64. The van der Waals surface area contributed by atoms with Gasteiger partial charge in [-0.1, -0.05) is 45.0 Å². The van der Waals surface area contributed by atoms with Gasteiger partial charge in [-0.05, 0) is 73.4 Å². The molecule has 0 saturated heterocycles. The molecule has 0 bridgehead atoms. The van der Waals surface area contributed by atoms with E-state index in [-0.39, 0.29) is 17.6 Å². The van der Waals surface area contributed by atoms with Gasteiger partial charge in [0, 0.05) is 28.3 Å². The average molecular weight is 663 g/mol.